The maximum Gasteiger partial charge on any atom is 0.0617 e. The van der Waals surface area contributed by atoms with Gasteiger partial charge in [0.05, 0.1) is 5.60 Å². The summed E-state index contributed by atoms with van der Waals surface area (Å²) in [5, 5.41) is 10.0. The van der Waals surface area contributed by atoms with Crippen molar-refractivity contribution in [3.05, 3.63) is 0 Å². The van der Waals surface area contributed by atoms with Gasteiger partial charge in [0.2, 0.25) is 0 Å². The van der Waals surface area contributed by atoms with E-state index >= 15 is 0 Å². The molecule has 0 amide bonds. The molecule has 0 bridgehead atoms. The van der Waals surface area contributed by atoms with Gasteiger partial charge in [0.25, 0.3) is 0 Å². The minimum atomic E-state index is -0.440. The van der Waals surface area contributed by atoms with Gasteiger partial charge in [-0.25, -0.2) is 0 Å². The summed E-state index contributed by atoms with van der Waals surface area (Å²) in [6.07, 6.45) is 12.6. The molecule has 0 saturated carbocycles. The van der Waals surface area contributed by atoms with Crippen LogP contribution < -0.4 is 0 Å². The maximum atomic E-state index is 10.0. The van der Waals surface area contributed by atoms with Gasteiger partial charge in [-0.2, -0.15) is 0 Å². The van der Waals surface area contributed by atoms with E-state index in [0.717, 1.165) is 30.6 Å². The predicted molar refractivity (Wildman–Crippen MR) is 95.6 cm³/mol. The Morgan fingerprint density at radius 1 is 0.762 bits per heavy atom. The van der Waals surface area contributed by atoms with E-state index in [2.05, 4.69) is 34.6 Å². The highest BCUT2D eigenvalue weighted by Crippen LogP contribution is 2.23. The highest BCUT2D eigenvalue weighted by atomic mass is 16.3. The molecule has 3 atom stereocenters. The molecule has 0 aromatic rings. The molecule has 1 heteroatoms. The molecule has 0 aromatic carbocycles. The van der Waals surface area contributed by atoms with Crippen LogP contribution in [0.3, 0.4) is 0 Å². The molecule has 0 spiro atoms. The second-order valence-corrected chi connectivity index (χ2v) is 8.21. The lowest BCUT2D eigenvalue weighted by atomic mass is 9.90. The first-order chi connectivity index (χ1) is 9.76. The van der Waals surface area contributed by atoms with Crippen LogP contribution in [0.4, 0.5) is 0 Å². The zero-order valence-electron chi connectivity index (χ0n) is 15.8. The number of hydrogen-bond donors (Lipinski definition) is 1. The molecule has 1 N–H and O–H groups in total. The van der Waals surface area contributed by atoms with Crippen molar-refractivity contribution < 1.29 is 5.11 Å². The van der Waals surface area contributed by atoms with Gasteiger partial charge < -0.3 is 5.11 Å². The Hall–Kier alpha value is -0.0400. The minimum Gasteiger partial charge on any atom is -0.390 e. The summed E-state index contributed by atoms with van der Waals surface area (Å²) >= 11 is 0. The first-order valence-electron chi connectivity index (χ1n) is 9.49. The van der Waals surface area contributed by atoms with Gasteiger partial charge >= 0.3 is 0 Å². The summed E-state index contributed by atoms with van der Waals surface area (Å²) in [6.45, 7) is 13.5. The summed E-state index contributed by atoms with van der Waals surface area (Å²) in [4.78, 5) is 0. The fourth-order valence-electron chi connectivity index (χ4n) is 2.99. The Labute approximate surface area is 134 Å². The summed E-state index contributed by atoms with van der Waals surface area (Å²) in [6, 6.07) is 0. The van der Waals surface area contributed by atoms with Crippen LogP contribution in [-0.2, 0) is 0 Å². The van der Waals surface area contributed by atoms with Gasteiger partial charge in [-0.05, 0) is 37.5 Å². The smallest absolute Gasteiger partial charge is 0.0617 e. The highest BCUT2D eigenvalue weighted by molar-refractivity contribution is 4.70. The predicted octanol–water partition coefficient (Wildman–Crippen LogP) is 6.59. The number of rotatable bonds is 13. The Morgan fingerprint density at radius 2 is 1.19 bits per heavy atom. The average Bonchev–Trinajstić information content (AvgIpc) is 2.38. The van der Waals surface area contributed by atoms with Crippen molar-refractivity contribution in [1.82, 2.24) is 0 Å². The summed E-state index contributed by atoms with van der Waals surface area (Å²) in [7, 11) is 0. The van der Waals surface area contributed by atoms with Crippen LogP contribution in [0.25, 0.3) is 0 Å². The van der Waals surface area contributed by atoms with Crippen LogP contribution in [0.2, 0.25) is 0 Å². The lowest BCUT2D eigenvalue weighted by molar-refractivity contribution is 0.0432. The van der Waals surface area contributed by atoms with Crippen molar-refractivity contribution in [2.24, 2.45) is 17.8 Å². The Morgan fingerprint density at radius 3 is 1.62 bits per heavy atom. The van der Waals surface area contributed by atoms with Gasteiger partial charge in [0.15, 0.2) is 0 Å². The fourth-order valence-corrected chi connectivity index (χ4v) is 2.99. The largest absolute Gasteiger partial charge is 0.390 e. The van der Waals surface area contributed by atoms with Crippen molar-refractivity contribution >= 4 is 0 Å². The van der Waals surface area contributed by atoms with Crippen molar-refractivity contribution in [2.45, 2.75) is 111 Å². The van der Waals surface area contributed by atoms with E-state index in [0.29, 0.717) is 0 Å². The summed E-state index contributed by atoms with van der Waals surface area (Å²) in [5.74, 6) is 2.58. The molecule has 0 saturated heterocycles. The quantitative estimate of drug-likeness (QED) is 0.407. The molecule has 0 rings (SSSR count). The highest BCUT2D eigenvalue weighted by Gasteiger charge is 2.17. The van der Waals surface area contributed by atoms with Gasteiger partial charge in [-0.3, -0.25) is 0 Å². The second kappa shape index (κ2) is 11.5. The van der Waals surface area contributed by atoms with E-state index < -0.39 is 5.60 Å². The minimum absolute atomic E-state index is 0.440. The molecular formula is C20H42O. The first kappa shape index (κ1) is 21.0. The molecule has 0 fully saturated rings. The zero-order valence-corrected chi connectivity index (χ0v) is 15.8. The van der Waals surface area contributed by atoms with E-state index in [1.807, 2.05) is 6.92 Å². The van der Waals surface area contributed by atoms with E-state index in [9.17, 15) is 5.11 Å². The fraction of sp³-hybridized carbons (Fsp3) is 1.00. The SMILES string of the molecule is CC[C@](C)(O)CCC[C@H](C)CCC[C@@H](C)CCCC(C)C. The van der Waals surface area contributed by atoms with E-state index in [1.165, 1.54) is 51.4 Å². The molecule has 0 radical (unpaired) electrons. The van der Waals surface area contributed by atoms with Crippen molar-refractivity contribution in [1.29, 1.82) is 0 Å². The third-order valence-electron chi connectivity index (χ3n) is 5.05. The molecule has 0 aliphatic carbocycles. The second-order valence-electron chi connectivity index (χ2n) is 8.21. The molecule has 1 nitrogen and oxygen atoms in total. The molecule has 0 heterocycles. The third-order valence-corrected chi connectivity index (χ3v) is 5.05. The van der Waals surface area contributed by atoms with E-state index in [4.69, 9.17) is 0 Å². The topological polar surface area (TPSA) is 20.2 Å². The Balaban J connectivity index is 3.54. The van der Waals surface area contributed by atoms with Gasteiger partial charge in [0.1, 0.15) is 0 Å². The average molecular weight is 299 g/mol. The van der Waals surface area contributed by atoms with Crippen molar-refractivity contribution in [2.75, 3.05) is 0 Å². The van der Waals surface area contributed by atoms with Crippen LogP contribution in [0.15, 0.2) is 0 Å². The molecule has 128 valence electrons. The van der Waals surface area contributed by atoms with Crippen LogP contribution in [0.1, 0.15) is 106 Å². The lowest BCUT2D eigenvalue weighted by Crippen LogP contribution is -2.22. The summed E-state index contributed by atoms with van der Waals surface area (Å²) < 4.78 is 0. The van der Waals surface area contributed by atoms with E-state index in [1.54, 1.807) is 0 Å². The lowest BCUT2D eigenvalue weighted by Gasteiger charge is -2.22. The van der Waals surface area contributed by atoms with E-state index in [-0.39, 0.29) is 0 Å². The maximum absolute atomic E-state index is 10.0. The van der Waals surface area contributed by atoms with Crippen molar-refractivity contribution in [3.8, 4) is 0 Å². The number of hydrogen-bond acceptors (Lipinski definition) is 1. The molecule has 0 aliphatic rings. The summed E-state index contributed by atoms with van der Waals surface area (Å²) in [5.41, 5.74) is -0.440. The van der Waals surface area contributed by atoms with Gasteiger partial charge in [0, 0.05) is 0 Å². The molecule has 0 aromatic heterocycles. The first-order valence-corrected chi connectivity index (χ1v) is 9.49. The van der Waals surface area contributed by atoms with Crippen LogP contribution in [0.5, 0.6) is 0 Å². The van der Waals surface area contributed by atoms with Crippen LogP contribution in [-0.4, -0.2) is 10.7 Å². The number of aliphatic hydroxyl groups is 1. The molecule has 0 aliphatic heterocycles. The zero-order chi connectivity index (χ0) is 16.3. The molecule has 21 heavy (non-hydrogen) atoms. The van der Waals surface area contributed by atoms with Gasteiger partial charge in [-0.15, -0.1) is 0 Å². The van der Waals surface area contributed by atoms with Crippen molar-refractivity contribution in [3.63, 3.8) is 0 Å². The third kappa shape index (κ3) is 13.4. The normalized spacial score (nSPS) is 17.7. The molecular weight excluding hydrogens is 256 g/mol. The van der Waals surface area contributed by atoms with Crippen LogP contribution in [0, 0.1) is 17.8 Å². The standard InChI is InChI=1S/C20H42O/c1-7-20(6,21)16-10-15-19(5)14-9-13-18(4)12-8-11-17(2)3/h17-19,21H,7-16H2,1-6H3/t18-,19+,20-/m0/s1. The Kier molecular flexibility index (Phi) is 11.5. The molecule has 0 unspecified atom stereocenters. The monoisotopic (exact) mass is 298 g/mol. The van der Waals surface area contributed by atoms with Crippen LogP contribution >= 0.6 is 0 Å². The Bertz CT molecular complexity index is 232. The van der Waals surface area contributed by atoms with Gasteiger partial charge in [-0.1, -0.05) is 86.0 Å².